The van der Waals surface area contributed by atoms with Gasteiger partial charge in [0.1, 0.15) is 23.4 Å². The quantitative estimate of drug-likeness (QED) is 0.475. The summed E-state index contributed by atoms with van der Waals surface area (Å²) in [5.41, 5.74) is 0.322. The number of hydrogen-bond acceptors (Lipinski definition) is 8. The van der Waals surface area contributed by atoms with Crippen LogP contribution in [-0.4, -0.2) is 84.1 Å². The number of H-pyrrole nitrogens is 1. The molecule has 208 valence electrons. The topological polar surface area (TPSA) is 151 Å². The van der Waals surface area contributed by atoms with Gasteiger partial charge in [-0.15, -0.1) is 0 Å². The van der Waals surface area contributed by atoms with E-state index in [1.165, 1.54) is 11.1 Å². The van der Waals surface area contributed by atoms with Crippen LogP contribution in [0.25, 0.3) is 0 Å². The van der Waals surface area contributed by atoms with Crippen LogP contribution in [-0.2, 0) is 30.8 Å². The van der Waals surface area contributed by atoms with Crippen molar-refractivity contribution in [2.24, 2.45) is 0 Å². The lowest BCUT2D eigenvalue weighted by atomic mass is 10.0. The first kappa shape index (κ1) is 29.1. The van der Waals surface area contributed by atoms with Crippen LogP contribution in [0.4, 0.5) is 4.79 Å². The van der Waals surface area contributed by atoms with E-state index in [1.54, 1.807) is 66.1 Å². The van der Waals surface area contributed by atoms with Crippen molar-refractivity contribution in [3.63, 3.8) is 0 Å². The van der Waals surface area contributed by atoms with Crippen molar-refractivity contribution in [2.45, 2.75) is 69.7 Å². The fourth-order valence-corrected chi connectivity index (χ4v) is 5.73. The molecule has 0 radical (unpaired) electrons. The molecule has 1 aliphatic heterocycles. The second kappa shape index (κ2) is 11.5. The fraction of sp³-hybridized carbons (Fsp3) is 0.520. The number of benzene rings is 1. The third-order valence-corrected chi connectivity index (χ3v) is 7.78. The van der Waals surface area contributed by atoms with Gasteiger partial charge in [0.15, 0.2) is 5.03 Å². The van der Waals surface area contributed by atoms with Crippen LogP contribution < -0.4 is 10.1 Å². The summed E-state index contributed by atoms with van der Waals surface area (Å²) in [5.74, 6) is -0.910. The number of aromatic nitrogens is 2. The Labute approximate surface area is 222 Å². The molecule has 2 aromatic rings. The molecule has 2 amide bonds. The van der Waals surface area contributed by atoms with Gasteiger partial charge in [-0.05, 0) is 58.2 Å². The highest BCUT2D eigenvalue weighted by atomic mass is 32.2. The van der Waals surface area contributed by atoms with E-state index in [-0.39, 0.29) is 18.0 Å². The minimum atomic E-state index is -3.99. The number of carbonyl (C=O) groups excluding carboxylic acids is 3. The highest BCUT2D eigenvalue weighted by Gasteiger charge is 2.42. The number of esters is 1. The smallest absolute Gasteiger partial charge is 0.414 e. The molecule has 0 aliphatic carbocycles. The van der Waals surface area contributed by atoms with Gasteiger partial charge in [0.2, 0.25) is 5.91 Å². The monoisotopic (exact) mass is 549 g/mol. The molecule has 12 nitrogen and oxygen atoms in total. The third-order valence-electron chi connectivity index (χ3n) is 5.80. The van der Waals surface area contributed by atoms with E-state index in [2.05, 4.69) is 15.5 Å². The first-order chi connectivity index (χ1) is 17.7. The molecule has 1 aromatic carbocycles. The second-order valence-corrected chi connectivity index (χ2v) is 12.2. The first-order valence-electron chi connectivity index (χ1n) is 12.2. The number of aromatic amines is 1. The average molecular weight is 550 g/mol. The molecular weight excluding hydrogens is 514 g/mol. The standard InChI is InChI=1S/C25H35N5O7S/c1-16-15-26-28-22(16)38(34,35)30-13-7-8-20(30)21(31)27-19(23(32)37-25(2,3)4)14-17-9-11-18(12-10-17)36-24(33)29(5)6/h9-12,15,19-20H,7-8,13-14H2,1-6H3,(H,26,28)(H,27,31)/t19-,20-/m0/s1. The predicted octanol–water partition coefficient (Wildman–Crippen LogP) is 2.00. The normalized spacial score (nSPS) is 17.1. The number of aryl methyl sites for hydroxylation is 1. The molecule has 1 saturated heterocycles. The maximum Gasteiger partial charge on any atom is 0.414 e. The van der Waals surface area contributed by atoms with Gasteiger partial charge in [0.05, 0.1) is 6.20 Å². The van der Waals surface area contributed by atoms with Gasteiger partial charge in [-0.1, -0.05) is 12.1 Å². The number of amides is 2. The summed E-state index contributed by atoms with van der Waals surface area (Å²) in [6.45, 7) is 6.94. The molecule has 38 heavy (non-hydrogen) atoms. The Morgan fingerprint density at radius 3 is 2.42 bits per heavy atom. The van der Waals surface area contributed by atoms with E-state index in [9.17, 15) is 22.8 Å². The zero-order valence-electron chi connectivity index (χ0n) is 22.5. The molecule has 1 aromatic heterocycles. The fourth-order valence-electron chi connectivity index (χ4n) is 3.96. The Morgan fingerprint density at radius 2 is 1.87 bits per heavy atom. The summed E-state index contributed by atoms with van der Waals surface area (Å²) >= 11 is 0. The van der Waals surface area contributed by atoms with Crippen LogP contribution >= 0.6 is 0 Å². The van der Waals surface area contributed by atoms with E-state index in [0.29, 0.717) is 29.7 Å². The van der Waals surface area contributed by atoms with Gasteiger partial charge in [-0.2, -0.15) is 9.40 Å². The molecule has 13 heteroatoms. The number of hydrogen-bond donors (Lipinski definition) is 2. The Kier molecular flexibility index (Phi) is 8.82. The Balaban J connectivity index is 1.79. The van der Waals surface area contributed by atoms with Gasteiger partial charge >= 0.3 is 12.1 Å². The van der Waals surface area contributed by atoms with Crippen LogP contribution in [0.1, 0.15) is 44.7 Å². The third kappa shape index (κ3) is 7.10. The number of rotatable bonds is 8. The van der Waals surface area contributed by atoms with Crippen LogP contribution in [0.3, 0.4) is 0 Å². The van der Waals surface area contributed by atoms with Crippen molar-refractivity contribution < 1.29 is 32.3 Å². The van der Waals surface area contributed by atoms with Crippen LogP contribution in [0, 0.1) is 6.92 Å². The van der Waals surface area contributed by atoms with Crippen molar-refractivity contribution in [3.8, 4) is 5.75 Å². The van der Waals surface area contributed by atoms with Crippen molar-refractivity contribution in [1.82, 2.24) is 24.7 Å². The number of carbonyl (C=O) groups is 3. The number of sulfonamides is 1. The van der Waals surface area contributed by atoms with Crippen molar-refractivity contribution in [2.75, 3.05) is 20.6 Å². The average Bonchev–Trinajstić information content (AvgIpc) is 3.48. The maximum absolute atomic E-state index is 13.4. The lowest BCUT2D eigenvalue weighted by molar-refractivity contribution is -0.158. The zero-order valence-corrected chi connectivity index (χ0v) is 23.3. The number of nitrogens with one attached hydrogen (secondary N) is 2. The maximum atomic E-state index is 13.4. The minimum absolute atomic E-state index is 0.0593. The van der Waals surface area contributed by atoms with Crippen molar-refractivity contribution in [1.29, 1.82) is 0 Å². The van der Waals surface area contributed by atoms with Gasteiger partial charge in [0, 0.05) is 32.6 Å². The summed E-state index contributed by atoms with van der Waals surface area (Å²) in [5, 5.41) is 8.95. The Morgan fingerprint density at radius 1 is 1.21 bits per heavy atom. The highest BCUT2D eigenvalue weighted by molar-refractivity contribution is 7.89. The molecular formula is C25H35N5O7S. The zero-order chi connectivity index (χ0) is 28.3. The molecule has 0 unspecified atom stereocenters. The van der Waals surface area contributed by atoms with Gasteiger partial charge < -0.3 is 19.7 Å². The molecule has 3 rings (SSSR count). The summed E-state index contributed by atoms with van der Waals surface area (Å²) in [6, 6.07) is 4.46. The van der Waals surface area contributed by atoms with E-state index < -0.39 is 45.7 Å². The van der Waals surface area contributed by atoms with E-state index >= 15 is 0 Å². The summed E-state index contributed by atoms with van der Waals surface area (Å²) in [7, 11) is -0.857. The lowest BCUT2D eigenvalue weighted by Gasteiger charge is -2.27. The van der Waals surface area contributed by atoms with Gasteiger partial charge in [-0.25, -0.2) is 18.0 Å². The molecule has 2 heterocycles. The van der Waals surface area contributed by atoms with Crippen LogP contribution in [0.15, 0.2) is 35.5 Å². The summed E-state index contributed by atoms with van der Waals surface area (Å²) in [6.07, 6.45) is 1.77. The predicted molar refractivity (Wildman–Crippen MR) is 138 cm³/mol. The first-order valence-corrected chi connectivity index (χ1v) is 13.7. The second-order valence-electron chi connectivity index (χ2n) is 10.4. The minimum Gasteiger partial charge on any atom is -0.458 e. The summed E-state index contributed by atoms with van der Waals surface area (Å²) < 4.78 is 38.3. The SMILES string of the molecule is Cc1cn[nH]c1S(=O)(=O)N1CCC[C@H]1C(=O)N[C@@H](Cc1ccc(OC(=O)N(C)C)cc1)C(=O)OC(C)(C)C. The Hall–Kier alpha value is -3.45. The van der Waals surface area contributed by atoms with Gasteiger partial charge in [-0.3, -0.25) is 9.89 Å². The molecule has 2 atom stereocenters. The van der Waals surface area contributed by atoms with Gasteiger partial charge in [0.25, 0.3) is 10.0 Å². The van der Waals surface area contributed by atoms with E-state index in [4.69, 9.17) is 9.47 Å². The number of nitrogens with zero attached hydrogens (tertiary/aromatic N) is 3. The number of ether oxygens (including phenoxy) is 2. The molecule has 1 aliphatic rings. The van der Waals surface area contributed by atoms with Crippen LogP contribution in [0.5, 0.6) is 5.75 Å². The molecule has 0 saturated carbocycles. The lowest BCUT2D eigenvalue weighted by Crippen LogP contribution is -2.52. The highest BCUT2D eigenvalue weighted by Crippen LogP contribution is 2.27. The van der Waals surface area contributed by atoms with E-state index in [0.717, 1.165) is 4.31 Å². The van der Waals surface area contributed by atoms with Crippen molar-refractivity contribution in [3.05, 3.63) is 41.6 Å². The van der Waals surface area contributed by atoms with Crippen LogP contribution in [0.2, 0.25) is 0 Å². The molecule has 0 spiro atoms. The molecule has 0 bridgehead atoms. The largest absolute Gasteiger partial charge is 0.458 e. The Bertz CT molecular complexity index is 1270. The van der Waals surface area contributed by atoms with Crippen molar-refractivity contribution >= 4 is 28.0 Å². The summed E-state index contributed by atoms with van der Waals surface area (Å²) in [4.78, 5) is 39.5. The van der Waals surface area contributed by atoms with E-state index in [1.807, 2.05) is 0 Å². The molecule has 2 N–H and O–H groups in total. The molecule has 1 fully saturated rings.